The Morgan fingerprint density at radius 2 is 1.94 bits per heavy atom. The Balaban J connectivity index is 2.39. The molecule has 0 aromatic heterocycles. The number of nitrogens with one attached hydrogen (secondary N) is 1. The highest BCUT2D eigenvalue weighted by Gasteiger charge is 2.07. The van der Waals surface area contributed by atoms with Crippen molar-refractivity contribution in [3.63, 3.8) is 0 Å². The second-order valence-corrected chi connectivity index (χ2v) is 6.92. The van der Waals surface area contributed by atoms with Crippen molar-refractivity contribution in [1.29, 1.82) is 0 Å². The molecule has 0 aliphatic carbocycles. The van der Waals surface area contributed by atoms with Crippen LogP contribution in [0.3, 0.4) is 0 Å². The third kappa shape index (κ3) is 5.51. The summed E-state index contributed by atoms with van der Waals surface area (Å²) in [7, 11) is 1.67. The standard InChI is InChI=1S/C13H19Br2NOS/c1-3-18-6-4-5-16-9-10-7-11(14)13(17-2)12(15)8-10/h7-8,16H,3-6,9H2,1-2H3. The van der Waals surface area contributed by atoms with E-state index in [4.69, 9.17) is 4.74 Å². The third-order valence-electron chi connectivity index (χ3n) is 2.44. The molecule has 5 heteroatoms. The zero-order valence-corrected chi connectivity index (χ0v) is 14.8. The van der Waals surface area contributed by atoms with E-state index in [-0.39, 0.29) is 0 Å². The van der Waals surface area contributed by atoms with Gasteiger partial charge in [0.1, 0.15) is 5.75 Å². The molecule has 0 radical (unpaired) electrons. The van der Waals surface area contributed by atoms with Crippen molar-refractivity contribution in [3.05, 3.63) is 26.6 Å². The van der Waals surface area contributed by atoms with Gasteiger partial charge in [0.2, 0.25) is 0 Å². The summed E-state index contributed by atoms with van der Waals surface area (Å²) in [6, 6.07) is 4.19. The van der Waals surface area contributed by atoms with Crippen molar-refractivity contribution in [1.82, 2.24) is 5.32 Å². The Hall–Kier alpha value is 0.290. The van der Waals surface area contributed by atoms with Crippen LogP contribution in [0.25, 0.3) is 0 Å². The first-order chi connectivity index (χ1) is 8.69. The Morgan fingerprint density at radius 3 is 2.50 bits per heavy atom. The fourth-order valence-electron chi connectivity index (χ4n) is 1.59. The lowest BCUT2D eigenvalue weighted by atomic mass is 10.2. The summed E-state index contributed by atoms with van der Waals surface area (Å²) in [6.45, 7) is 4.15. The molecule has 1 aromatic carbocycles. The first-order valence-electron chi connectivity index (χ1n) is 5.99. The van der Waals surface area contributed by atoms with E-state index in [9.17, 15) is 0 Å². The molecule has 0 saturated carbocycles. The monoisotopic (exact) mass is 395 g/mol. The normalized spacial score (nSPS) is 10.7. The Kier molecular flexibility index (Phi) is 8.39. The van der Waals surface area contributed by atoms with Crippen LogP contribution in [0.1, 0.15) is 18.9 Å². The van der Waals surface area contributed by atoms with Crippen LogP contribution in [-0.2, 0) is 6.54 Å². The molecule has 0 atom stereocenters. The smallest absolute Gasteiger partial charge is 0.147 e. The van der Waals surface area contributed by atoms with Gasteiger partial charge in [-0.15, -0.1) is 0 Å². The molecule has 1 rings (SSSR count). The molecule has 18 heavy (non-hydrogen) atoms. The van der Waals surface area contributed by atoms with Crippen molar-refractivity contribution in [2.45, 2.75) is 19.9 Å². The largest absolute Gasteiger partial charge is 0.494 e. The van der Waals surface area contributed by atoms with Gasteiger partial charge in [0.15, 0.2) is 0 Å². The average molecular weight is 397 g/mol. The van der Waals surface area contributed by atoms with E-state index in [1.807, 2.05) is 11.8 Å². The molecule has 1 N–H and O–H groups in total. The van der Waals surface area contributed by atoms with Gasteiger partial charge in [0.25, 0.3) is 0 Å². The summed E-state index contributed by atoms with van der Waals surface area (Å²) in [5.41, 5.74) is 1.25. The van der Waals surface area contributed by atoms with Crippen molar-refractivity contribution in [2.75, 3.05) is 25.2 Å². The maximum Gasteiger partial charge on any atom is 0.147 e. The van der Waals surface area contributed by atoms with Gasteiger partial charge >= 0.3 is 0 Å². The van der Waals surface area contributed by atoms with Gasteiger partial charge in [-0.3, -0.25) is 0 Å². The molecule has 0 unspecified atom stereocenters. The number of benzene rings is 1. The summed E-state index contributed by atoms with van der Waals surface area (Å²) < 4.78 is 7.25. The van der Waals surface area contributed by atoms with Crippen LogP contribution in [0.5, 0.6) is 5.75 Å². The molecule has 0 amide bonds. The summed E-state index contributed by atoms with van der Waals surface area (Å²) in [5.74, 6) is 3.29. The highest BCUT2D eigenvalue weighted by molar-refractivity contribution is 9.11. The second-order valence-electron chi connectivity index (χ2n) is 3.82. The second kappa shape index (κ2) is 9.23. The highest BCUT2D eigenvalue weighted by atomic mass is 79.9. The lowest BCUT2D eigenvalue weighted by Gasteiger charge is -2.10. The lowest BCUT2D eigenvalue weighted by Crippen LogP contribution is -2.15. The quantitative estimate of drug-likeness (QED) is 0.655. The van der Waals surface area contributed by atoms with Gasteiger partial charge in [-0.05, 0) is 74.0 Å². The van der Waals surface area contributed by atoms with Crippen LogP contribution in [0.15, 0.2) is 21.1 Å². The van der Waals surface area contributed by atoms with E-state index < -0.39 is 0 Å². The number of ether oxygens (including phenoxy) is 1. The highest BCUT2D eigenvalue weighted by Crippen LogP contribution is 2.34. The molecule has 0 spiro atoms. The van der Waals surface area contributed by atoms with Gasteiger partial charge in [-0.2, -0.15) is 11.8 Å². The van der Waals surface area contributed by atoms with Gasteiger partial charge in [-0.25, -0.2) is 0 Å². The van der Waals surface area contributed by atoms with E-state index in [2.05, 4.69) is 56.2 Å². The van der Waals surface area contributed by atoms with Crippen molar-refractivity contribution < 1.29 is 4.74 Å². The van der Waals surface area contributed by atoms with E-state index in [1.54, 1.807) is 7.11 Å². The van der Waals surface area contributed by atoms with Crippen molar-refractivity contribution in [3.8, 4) is 5.75 Å². The minimum Gasteiger partial charge on any atom is -0.494 e. The number of thioether (sulfide) groups is 1. The molecule has 0 heterocycles. The molecule has 102 valence electrons. The number of hydrogen-bond acceptors (Lipinski definition) is 3. The molecular weight excluding hydrogens is 378 g/mol. The molecule has 0 aliphatic rings. The van der Waals surface area contributed by atoms with Crippen LogP contribution in [0, 0.1) is 0 Å². The Bertz CT molecular complexity index is 351. The molecular formula is C13H19Br2NOS. The van der Waals surface area contributed by atoms with Crippen LogP contribution < -0.4 is 10.1 Å². The van der Waals surface area contributed by atoms with Gasteiger partial charge in [-0.1, -0.05) is 6.92 Å². The molecule has 0 saturated heterocycles. The summed E-state index contributed by atoms with van der Waals surface area (Å²) in [6.07, 6.45) is 1.22. The first-order valence-corrected chi connectivity index (χ1v) is 8.73. The molecule has 0 bridgehead atoms. The van der Waals surface area contributed by atoms with E-state index in [0.29, 0.717) is 0 Å². The van der Waals surface area contributed by atoms with Crippen molar-refractivity contribution in [2.24, 2.45) is 0 Å². The van der Waals surface area contributed by atoms with Crippen LogP contribution in [0.4, 0.5) is 0 Å². The average Bonchev–Trinajstić information content (AvgIpc) is 2.33. The maximum atomic E-state index is 5.28. The minimum atomic E-state index is 0.845. The SMILES string of the molecule is CCSCCCNCc1cc(Br)c(OC)c(Br)c1. The summed E-state index contributed by atoms with van der Waals surface area (Å²) in [4.78, 5) is 0. The topological polar surface area (TPSA) is 21.3 Å². The van der Waals surface area contributed by atoms with Crippen LogP contribution >= 0.6 is 43.6 Å². The molecule has 1 aromatic rings. The number of halogens is 2. The van der Waals surface area contributed by atoms with Crippen LogP contribution in [-0.4, -0.2) is 25.2 Å². The van der Waals surface area contributed by atoms with Crippen LogP contribution in [0.2, 0.25) is 0 Å². The lowest BCUT2D eigenvalue weighted by molar-refractivity contribution is 0.409. The number of rotatable bonds is 8. The number of methoxy groups -OCH3 is 1. The van der Waals surface area contributed by atoms with E-state index >= 15 is 0 Å². The fraction of sp³-hybridized carbons (Fsp3) is 0.538. The first kappa shape index (κ1) is 16.3. The summed E-state index contributed by atoms with van der Waals surface area (Å²) in [5, 5.41) is 3.46. The van der Waals surface area contributed by atoms with Gasteiger partial charge in [0.05, 0.1) is 16.1 Å². The third-order valence-corrected chi connectivity index (χ3v) is 4.60. The molecule has 0 aliphatic heterocycles. The Labute approximate surface area is 131 Å². The van der Waals surface area contributed by atoms with E-state index in [0.717, 1.165) is 27.8 Å². The van der Waals surface area contributed by atoms with Gasteiger partial charge in [0, 0.05) is 6.54 Å². The predicted octanol–water partition coefficient (Wildman–Crippen LogP) is 4.45. The molecule has 0 fully saturated rings. The maximum absolute atomic E-state index is 5.28. The Morgan fingerprint density at radius 1 is 1.28 bits per heavy atom. The van der Waals surface area contributed by atoms with Crippen molar-refractivity contribution >= 4 is 43.6 Å². The predicted molar refractivity (Wildman–Crippen MR) is 87.7 cm³/mol. The fourth-order valence-corrected chi connectivity index (χ4v) is 3.83. The zero-order chi connectivity index (χ0) is 13.4. The summed E-state index contributed by atoms with van der Waals surface area (Å²) >= 11 is 9.02. The minimum absolute atomic E-state index is 0.845. The zero-order valence-electron chi connectivity index (χ0n) is 10.8. The molecule has 2 nitrogen and oxygen atoms in total. The van der Waals surface area contributed by atoms with E-state index in [1.165, 1.54) is 23.5 Å². The number of hydrogen-bond donors (Lipinski definition) is 1. The van der Waals surface area contributed by atoms with Gasteiger partial charge < -0.3 is 10.1 Å².